The van der Waals surface area contributed by atoms with Crippen molar-refractivity contribution in [2.75, 3.05) is 23.7 Å². The fraction of sp³-hybridized carbons (Fsp3) is 0.227. The number of nitrogens with one attached hydrogen (secondary N) is 2. The van der Waals surface area contributed by atoms with Gasteiger partial charge in [-0.15, -0.1) is 11.3 Å². The monoisotopic (exact) mass is 406 g/mol. The van der Waals surface area contributed by atoms with E-state index in [0.29, 0.717) is 22.9 Å². The van der Waals surface area contributed by atoms with Gasteiger partial charge in [-0.2, -0.15) is 0 Å². The Kier molecular flexibility index (Phi) is 5.86. The number of thiazole rings is 1. The molecule has 1 aliphatic rings. The molecular weight excluding hydrogens is 384 g/mol. The summed E-state index contributed by atoms with van der Waals surface area (Å²) in [6.07, 6.45) is 1.17. The molecule has 7 heteroatoms. The number of amides is 2. The van der Waals surface area contributed by atoms with E-state index >= 15 is 0 Å². The molecule has 2 N–H and O–H groups in total. The van der Waals surface area contributed by atoms with Crippen molar-refractivity contribution in [1.82, 2.24) is 9.88 Å². The van der Waals surface area contributed by atoms with Gasteiger partial charge < -0.3 is 10.2 Å². The van der Waals surface area contributed by atoms with Gasteiger partial charge in [0.25, 0.3) is 5.91 Å². The van der Waals surface area contributed by atoms with E-state index < -0.39 is 0 Å². The molecule has 0 spiro atoms. The predicted molar refractivity (Wildman–Crippen MR) is 115 cm³/mol. The highest BCUT2D eigenvalue weighted by Gasteiger charge is 2.26. The molecule has 1 unspecified atom stereocenters. The summed E-state index contributed by atoms with van der Waals surface area (Å²) in [4.78, 5) is 31.1. The number of anilines is 2. The molecule has 2 heterocycles. The molecular formula is C22H22N4O2S. The van der Waals surface area contributed by atoms with Crippen molar-refractivity contribution in [3.05, 3.63) is 77.3 Å². The van der Waals surface area contributed by atoms with Crippen LogP contribution in [0.5, 0.6) is 0 Å². The van der Waals surface area contributed by atoms with Gasteiger partial charge in [0, 0.05) is 35.8 Å². The van der Waals surface area contributed by atoms with Crippen molar-refractivity contribution in [3.63, 3.8) is 0 Å². The van der Waals surface area contributed by atoms with E-state index in [4.69, 9.17) is 0 Å². The van der Waals surface area contributed by atoms with Crippen LogP contribution >= 0.6 is 11.3 Å². The molecule has 2 aromatic carbocycles. The summed E-state index contributed by atoms with van der Waals surface area (Å²) in [5.74, 6) is -0.138. The molecule has 1 aromatic heterocycles. The first-order valence-corrected chi connectivity index (χ1v) is 10.5. The Bertz CT molecular complexity index is 975. The maximum atomic E-state index is 12.6. The van der Waals surface area contributed by atoms with Gasteiger partial charge in [-0.3, -0.25) is 14.9 Å². The number of likely N-dealkylation sites (tertiary alicyclic amines) is 1. The minimum absolute atomic E-state index is 0.0635. The zero-order valence-electron chi connectivity index (χ0n) is 15.9. The minimum Gasteiger partial charge on any atom is -0.380 e. The number of hydrogen-bond acceptors (Lipinski definition) is 5. The fourth-order valence-corrected chi connectivity index (χ4v) is 4.05. The maximum absolute atomic E-state index is 12.6. The molecule has 1 atom stereocenters. The van der Waals surface area contributed by atoms with Crippen molar-refractivity contribution >= 4 is 34.0 Å². The normalized spacial score (nSPS) is 15.9. The van der Waals surface area contributed by atoms with Crippen LogP contribution in [0.1, 0.15) is 22.5 Å². The van der Waals surface area contributed by atoms with E-state index in [1.165, 1.54) is 11.3 Å². The Morgan fingerprint density at radius 3 is 2.55 bits per heavy atom. The van der Waals surface area contributed by atoms with Gasteiger partial charge in [0.2, 0.25) is 5.91 Å². The Morgan fingerprint density at radius 2 is 1.79 bits per heavy atom. The van der Waals surface area contributed by atoms with Crippen LogP contribution in [0.15, 0.2) is 66.0 Å². The van der Waals surface area contributed by atoms with Crippen LogP contribution in [0.25, 0.3) is 0 Å². The van der Waals surface area contributed by atoms with E-state index in [9.17, 15) is 9.59 Å². The van der Waals surface area contributed by atoms with Crippen LogP contribution in [0.4, 0.5) is 10.8 Å². The summed E-state index contributed by atoms with van der Waals surface area (Å²) in [7, 11) is 0. The number of rotatable bonds is 6. The zero-order valence-corrected chi connectivity index (χ0v) is 16.7. The Labute approximate surface area is 173 Å². The lowest BCUT2D eigenvalue weighted by atomic mass is 10.2. The van der Waals surface area contributed by atoms with Crippen molar-refractivity contribution < 1.29 is 9.59 Å². The molecule has 29 heavy (non-hydrogen) atoms. The van der Waals surface area contributed by atoms with Gasteiger partial charge in [0.15, 0.2) is 5.13 Å². The van der Waals surface area contributed by atoms with Gasteiger partial charge in [-0.1, -0.05) is 36.4 Å². The second-order valence-corrected chi connectivity index (χ2v) is 7.83. The molecule has 4 rings (SSSR count). The van der Waals surface area contributed by atoms with E-state index in [2.05, 4.69) is 15.6 Å². The largest absolute Gasteiger partial charge is 0.380 e. The van der Waals surface area contributed by atoms with Crippen LogP contribution in [-0.2, 0) is 11.2 Å². The Balaban J connectivity index is 1.29. The quantitative estimate of drug-likeness (QED) is 0.655. The molecule has 0 saturated carbocycles. The van der Waals surface area contributed by atoms with Crippen molar-refractivity contribution in [1.29, 1.82) is 0 Å². The number of nitrogens with zero attached hydrogens (tertiary/aromatic N) is 2. The average molecular weight is 407 g/mol. The van der Waals surface area contributed by atoms with Gasteiger partial charge >= 0.3 is 0 Å². The Morgan fingerprint density at radius 1 is 1.07 bits per heavy atom. The minimum atomic E-state index is -0.202. The topological polar surface area (TPSA) is 74.3 Å². The molecule has 0 aliphatic carbocycles. The van der Waals surface area contributed by atoms with E-state index in [1.54, 1.807) is 12.1 Å². The van der Waals surface area contributed by atoms with Crippen molar-refractivity contribution in [3.8, 4) is 0 Å². The summed E-state index contributed by atoms with van der Waals surface area (Å²) in [5, 5.41) is 8.60. The first-order chi connectivity index (χ1) is 14.2. The molecule has 148 valence electrons. The van der Waals surface area contributed by atoms with Crippen molar-refractivity contribution in [2.24, 2.45) is 0 Å². The number of carbonyl (C=O) groups excluding carboxylic acids is 2. The molecule has 6 nitrogen and oxygen atoms in total. The van der Waals surface area contributed by atoms with Gasteiger partial charge in [0.05, 0.1) is 12.1 Å². The third-order valence-electron chi connectivity index (χ3n) is 4.83. The van der Waals surface area contributed by atoms with E-state index in [1.807, 2.05) is 58.8 Å². The Hall–Kier alpha value is -3.19. The molecule has 1 aliphatic heterocycles. The molecule has 0 radical (unpaired) electrons. The highest BCUT2D eigenvalue weighted by atomic mass is 32.1. The summed E-state index contributed by atoms with van der Waals surface area (Å²) in [6.45, 7) is 1.43. The zero-order chi connectivity index (χ0) is 20.1. The molecule has 3 aromatic rings. The number of benzene rings is 2. The lowest BCUT2D eigenvalue weighted by molar-refractivity contribution is -0.129. The predicted octanol–water partition coefficient (Wildman–Crippen LogP) is 3.65. The summed E-state index contributed by atoms with van der Waals surface area (Å²) in [6, 6.07) is 19.3. The molecule has 0 bridgehead atoms. The summed E-state index contributed by atoms with van der Waals surface area (Å²) < 4.78 is 0. The maximum Gasteiger partial charge on any atom is 0.257 e. The first kappa shape index (κ1) is 19.1. The van der Waals surface area contributed by atoms with E-state index in [-0.39, 0.29) is 24.3 Å². The third kappa shape index (κ3) is 5.00. The highest BCUT2D eigenvalue weighted by molar-refractivity contribution is 7.14. The van der Waals surface area contributed by atoms with E-state index in [0.717, 1.165) is 18.7 Å². The molecule has 1 fully saturated rings. The lowest BCUT2D eigenvalue weighted by Crippen LogP contribution is -2.32. The van der Waals surface area contributed by atoms with Gasteiger partial charge in [-0.25, -0.2) is 4.98 Å². The third-order valence-corrected chi connectivity index (χ3v) is 5.63. The van der Waals surface area contributed by atoms with Crippen LogP contribution in [0, 0.1) is 0 Å². The fourth-order valence-electron chi connectivity index (χ4n) is 3.35. The summed E-state index contributed by atoms with van der Waals surface area (Å²) >= 11 is 1.33. The van der Waals surface area contributed by atoms with Crippen molar-refractivity contribution in [2.45, 2.75) is 18.9 Å². The second-order valence-electron chi connectivity index (χ2n) is 6.98. The van der Waals surface area contributed by atoms with Crippen LogP contribution in [0.3, 0.4) is 0 Å². The van der Waals surface area contributed by atoms with Crippen LogP contribution in [0.2, 0.25) is 0 Å². The second kappa shape index (κ2) is 8.87. The number of para-hydroxylation sites is 1. The standard InChI is InChI=1S/C22H22N4O2S/c27-20(26-12-11-18(14-26)23-17-9-5-2-6-10-17)13-19-15-29-22(24-19)25-21(28)16-7-3-1-4-8-16/h1-10,15,18,23H,11-14H2,(H,24,25,28). The lowest BCUT2D eigenvalue weighted by Gasteiger charge is -2.17. The number of aromatic nitrogens is 1. The number of hydrogen-bond donors (Lipinski definition) is 2. The molecule has 2 amide bonds. The number of carbonyl (C=O) groups is 2. The highest BCUT2D eigenvalue weighted by Crippen LogP contribution is 2.20. The van der Waals surface area contributed by atoms with Crippen LogP contribution < -0.4 is 10.6 Å². The average Bonchev–Trinajstić information content (AvgIpc) is 3.39. The van der Waals surface area contributed by atoms with Gasteiger partial charge in [-0.05, 0) is 30.7 Å². The SMILES string of the molecule is O=C(Nc1nc(CC(=O)N2CCC(Nc3ccccc3)C2)cs1)c1ccccc1. The van der Waals surface area contributed by atoms with Gasteiger partial charge in [0.1, 0.15) is 0 Å². The smallest absolute Gasteiger partial charge is 0.257 e. The van der Waals surface area contributed by atoms with Crippen LogP contribution in [-0.4, -0.2) is 40.8 Å². The summed E-state index contributed by atoms with van der Waals surface area (Å²) in [5.41, 5.74) is 2.34. The first-order valence-electron chi connectivity index (χ1n) is 9.57. The molecule has 1 saturated heterocycles.